The molecule has 7 nitrogen and oxygen atoms in total. The lowest BCUT2D eigenvalue weighted by atomic mass is 10.1. The van der Waals surface area contributed by atoms with Gasteiger partial charge in [-0.15, -0.1) is 0 Å². The molecule has 0 unspecified atom stereocenters. The predicted molar refractivity (Wildman–Crippen MR) is 77.5 cm³/mol. The number of carbonyl (C=O) groups is 1. The summed E-state index contributed by atoms with van der Waals surface area (Å²) >= 11 is 0. The minimum absolute atomic E-state index is 0.00736. The van der Waals surface area contributed by atoms with Crippen molar-refractivity contribution in [2.45, 2.75) is 33.3 Å². The van der Waals surface area contributed by atoms with E-state index in [1.165, 1.54) is 12.1 Å². The van der Waals surface area contributed by atoms with Crippen molar-refractivity contribution in [2.24, 2.45) is 0 Å². The number of ether oxygens (including phenoxy) is 1. The summed E-state index contributed by atoms with van der Waals surface area (Å²) in [5, 5.41) is 14.4. The zero-order valence-corrected chi connectivity index (χ0v) is 12.5. The number of non-ortho nitro benzene ring substituents is 1. The van der Waals surface area contributed by atoms with E-state index in [1.807, 2.05) is 13.8 Å². The highest BCUT2D eigenvalue weighted by Gasteiger charge is 2.23. The second-order valence-electron chi connectivity index (χ2n) is 5.16. The molecule has 0 aliphatic carbocycles. The summed E-state index contributed by atoms with van der Waals surface area (Å²) in [7, 11) is 0. The molecule has 1 heterocycles. The van der Waals surface area contributed by atoms with Crippen LogP contribution in [0.15, 0.2) is 28.8 Å². The molecule has 7 heteroatoms. The van der Waals surface area contributed by atoms with E-state index in [0.717, 1.165) is 0 Å². The second kappa shape index (κ2) is 6.38. The van der Waals surface area contributed by atoms with E-state index < -0.39 is 10.9 Å². The number of hydrogen-bond donors (Lipinski definition) is 0. The van der Waals surface area contributed by atoms with E-state index in [1.54, 1.807) is 19.1 Å². The van der Waals surface area contributed by atoms with Crippen LogP contribution in [0, 0.1) is 17.0 Å². The summed E-state index contributed by atoms with van der Waals surface area (Å²) in [5.41, 5.74) is 1.49. The Morgan fingerprint density at radius 3 is 2.55 bits per heavy atom. The number of hydrogen-bond acceptors (Lipinski definition) is 6. The number of rotatable bonds is 5. The van der Waals surface area contributed by atoms with E-state index >= 15 is 0 Å². The first-order valence-corrected chi connectivity index (χ1v) is 6.76. The Labute approximate surface area is 127 Å². The summed E-state index contributed by atoms with van der Waals surface area (Å²) in [4.78, 5) is 22.3. The zero-order valence-electron chi connectivity index (χ0n) is 12.5. The molecule has 116 valence electrons. The van der Waals surface area contributed by atoms with Crippen LogP contribution in [0.3, 0.4) is 0 Å². The monoisotopic (exact) mass is 304 g/mol. The van der Waals surface area contributed by atoms with Crippen LogP contribution in [0.1, 0.15) is 47.1 Å². The van der Waals surface area contributed by atoms with Gasteiger partial charge in [0.15, 0.2) is 5.76 Å². The van der Waals surface area contributed by atoms with Gasteiger partial charge in [-0.05, 0) is 24.6 Å². The van der Waals surface area contributed by atoms with E-state index in [2.05, 4.69) is 5.16 Å². The van der Waals surface area contributed by atoms with Gasteiger partial charge in [0, 0.05) is 18.1 Å². The van der Waals surface area contributed by atoms with Gasteiger partial charge in [-0.25, -0.2) is 4.79 Å². The smallest absolute Gasteiger partial charge is 0.344 e. The number of aromatic nitrogens is 1. The SMILES string of the molecule is Cc1noc(C(C)C)c1C(=O)OCc1ccc([N+](=O)[O-])cc1. The van der Waals surface area contributed by atoms with Gasteiger partial charge < -0.3 is 9.26 Å². The first-order valence-electron chi connectivity index (χ1n) is 6.76. The molecular weight excluding hydrogens is 288 g/mol. The molecule has 0 bridgehead atoms. The Morgan fingerprint density at radius 1 is 1.36 bits per heavy atom. The normalized spacial score (nSPS) is 10.7. The highest BCUT2D eigenvalue weighted by molar-refractivity contribution is 5.91. The van der Waals surface area contributed by atoms with E-state index in [9.17, 15) is 14.9 Å². The van der Waals surface area contributed by atoms with Crippen molar-refractivity contribution in [1.29, 1.82) is 0 Å². The fourth-order valence-corrected chi connectivity index (χ4v) is 1.96. The summed E-state index contributed by atoms with van der Waals surface area (Å²) in [6, 6.07) is 5.84. The fraction of sp³-hybridized carbons (Fsp3) is 0.333. The average molecular weight is 304 g/mol. The maximum Gasteiger partial charge on any atom is 0.344 e. The minimum Gasteiger partial charge on any atom is -0.457 e. The molecule has 0 N–H and O–H groups in total. The van der Waals surface area contributed by atoms with Crippen molar-refractivity contribution < 1.29 is 19.0 Å². The Kier molecular flexibility index (Phi) is 4.55. The molecule has 0 aliphatic rings. The second-order valence-corrected chi connectivity index (χ2v) is 5.16. The van der Waals surface area contributed by atoms with Crippen molar-refractivity contribution in [2.75, 3.05) is 0 Å². The third-order valence-corrected chi connectivity index (χ3v) is 3.13. The molecule has 0 aliphatic heterocycles. The van der Waals surface area contributed by atoms with Gasteiger partial charge in [-0.3, -0.25) is 10.1 Å². The molecule has 0 fully saturated rings. The Balaban J connectivity index is 2.07. The number of aryl methyl sites for hydroxylation is 1. The van der Waals surface area contributed by atoms with Gasteiger partial charge in [0.2, 0.25) is 0 Å². The van der Waals surface area contributed by atoms with Gasteiger partial charge in [0.25, 0.3) is 5.69 Å². The Hall–Kier alpha value is -2.70. The molecule has 1 aromatic heterocycles. The highest BCUT2D eigenvalue weighted by Crippen LogP contribution is 2.23. The van der Waals surface area contributed by atoms with Crippen LogP contribution in [-0.2, 0) is 11.3 Å². The predicted octanol–water partition coefficient (Wildman–Crippen LogP) is 3.37. The minimum atomic E-state index is -0.513. The van der Waals surface area contributed by atoms with Crippen LogP contribution in [0.5, 0.6) is 0 Å². The van der Waals surface area contributed by atoms with Crippen LogP contribution >= 0.6 is 0 Å². The molecule has 0 saturated carbocycles. The lowest BCUT2D eigenvalue weighted by Gasteiger charge is -2.06. The van der Waals surface area contributed by atoms with Crippen molar-refractivity contribution in [3.8, 4) is 0 Å². The van der Waals surface area contributed by atoms with Gasteiger partial charge in [0.05, 0.1) is 10.6 Å². The Morgan fingerprint density at radius 2 is 2.00 bits per heavy atom. The summed E-state index contributed by atoms with van der Waals surface area (Å²) in [5.74, 6) is -0.00451. The summed E-state index contributed by atoms with van der Waals surface area (Å²) in [6.45, 7) is 5.50. The molecule has 0 radical (unpaired) electrons. The lowest BCUT2D eigenvalue weighted by Crippen LogP contribution is -2.09. The van der Waals surface area contributed by atoms with Crippen molar-refractivity contribution in [3.05, 3.63) is 57.0 Å². The lowest BCUT2D eigenvalue weighted by molar-refractivity contribution is -0.384. The first-order chi connectivity index (χ1) is 10.4. The van der Waals surface area contributed by atoms with Crippen molar-refractivity contribution in [1.82, 2.24) is 5.16 Å². The van der Waals surface area contributed by atoms with Crippen LogP contribution in [0.4, 0.5) is 5.69 Å². The summed E-state index contributed by atoms with van der Waals surface area (Å²) < 4.78 is 10.4. The standard InChI is InChI=1S/C15H16N2O5/c1-9(2)14-13(10(3)16-22-14)15(18)21-8-11-4-6-12(7-5-11)17(19)20/h4-7,9H,8H2,1-3H3. The topological polar surface area (TPSA) is 95.5 Å². The van der Waals surface area contributed by atoms with Gasteiger partial charge in [0.1, 0.15) is 12.2 Å². The number of nitro benzene ring substituents is 1. The van der Waals surface area contributed by atoms with E-state index in [-0.39, 0.29) is 18.2 Å². The third kappa shape index (κ3) is 3.30. The van der Waals surface area contributed by atoms with E-state index in [4.69, 9.17) is 9.26 Å². The van der Waals surface area contributed by atoms with Crippen molar-refractivity contribution in [3.63, 3.8) is 0 Å². The zero-order chi connectivity index (χ0) is 16.3. The third-order valence-electron chi connectivity index (χ3n) is 3.13. The van der Waals surface area contributed by atoms with Crippen LogP contribution < -0.4 is 0 Å². The molecule has 0 atom stereocenters. The maximum absolute atomic E-state index is 12.2. The molecule has 22 heavy (non-hydrogen) atoms. The average Bonchev–Trinajstić information content (AvgIpc) is 2.87. The van der Waals surface area contributed by atoms with Gasteiger partial charge >= 0.3 is 5.97 Å². The molecule has 0 amide bonds. The van der Waals surface area contributed by atoms with Gasteiger partial charge in [-0.1, -0.05) is 19.0 Å². The first kappa shape index (κ1) is 15.7. The number of esters is 1. The molecule has 0 spiro atoms. The largest absolute Gasteiger partial charge is 0.457 e. The Bertz CT molecular complexity index is 688. The number of carbonyl (C=O) groups excluding carboxylic acids is 1. The van der Waals surface area contributed by atoms with Crippen LogP contribution in [0.25, 0.3) is 0 Å². The molecule has 0 saturated heterocycles. The maximum atomic E-state index is 12.2. The molecule has 2 aromatic rings. The number of nitro groups is 1. The summed E-state index contributed by atoms with van der Waals surface area (Å²) in [6.07, 6.45) is 0. The quantitative estimate of drug-likeness (QED) is 0.477. The molecule has 1 aromatic carbocycles. The fourth-order valence-electron chi connectivity index (χ4n) is 1.96. The van der Waals surface area contributed by atoms with Gasteiger partial charge in [-0.2, -0.15) is 0 Å². The molecule has 2 rings (SSSR count). The van der Waals surface area contributed by atoms with Crippen LogP contribution in [0.2, 0.25) is 0 Å². The van der Waals surface area contributed by atoms with E-state index in [0.29, 0.717) is 22.6 Å². The number of nitrogens with zero attached hydrogens (tertiary/aromatic N) is 2. The molecular formula is C15H16N2O5. The number of benzene rings is 1. The van der Waals surface area contributed by atoms with Crippen LogP contribution in [-0.4, -0.2) is 16.0 Å². The van der Waals surface area contributed by atoms with Crippen molar-refractivity contribution >= 4 is 11.7 Å². The highest BCUT2D eigenvalue weighted by atomic mass is 16.6.